The van der Waals surface area contributed by atoms with Gasteiger partial charge in [-0.1, -0.05) is 49.6 Å². The van der Waals surface area contributed by atoms with Crippen molar-refractivity contribution < 1.29 is 14.4 Å². The summed E-state index contributed by atoms with van der Waals surface area (Å²) in [7, 11) is 0. The standard InChI is InChI=1S/C17H23N3O3/c18-16(22)15(12-7-3-1-4-8-12)20-14(21)11-19-17(23)13-9-5-2-6-10-13/h1,3-4,7-8,13,15H,2,5-6,9-11H2,(H2,18,22)(H,19,23)(H,20,21)/t15-/m0/s1. The van der Waals surface area contributed by atoms with Gasteiger partial charge in [0.15, 0.2) is 0 Å². The van der Waals surface area contributed by atoms with Gasteiger partial charge in [-0.05, 0) is 18.4 Å². The normalized spacial score (nSPS) is 16.3. The molecular formula is C17H23N3O3. The molecule has 0 heterocycles. The third-order valence-electron chi connectivity index (χ3n) is 4.12. The second-order valence-electron chi connectivity index (χ2n) is 5.87. The lowest BCUT2D eigenvalue weighted by atomic mass is 9.89. The van der Waals surface area contributed by atoms with Crippen molar-refractivity contribution in [2.75, 3.05) is 6.54 Å². The topological polar surface area (TPSA) is 101 Å². The molecule has 0 unspecified atom stereocenters. The van der Waals surface area contributed by atoms with Crippen LogP contribution < -0.4 is 16.4 Å². The first-order valence-corrected chi connectivity index (χ1v) is 7.99. The molecule has 0 radical (unpaired) electrons. The number of nitrogens with one attached hydrogen (secondary N) is 2. The highest BCUT2D eigenvalue weighted by atomic mass is 16.2. The van der Waals surface area contributed by atoms with Crippen molar-refractivity contribution in [1.82, 2.24) is 10.6 Å². The minimum atomic E-state index is -0.893. The van der Waals surface area contributed by atoms with Crippen molar-refractivity contribution in [3.63, 3.8) is 0 Å². The molecule has 0 aliphatic heterocycles. The van der Waals surface area contributed by atoms with E-state index in [1.54, 1.807) is 24.3 Å². The van der Waals surface area contributed by atoms with Crippen LogP contribution in [0.2, 0.25) is 0 Å². The number of benzene rings is 1. The summed E-state index contributed by atoms with van der Waals surface area (Å²) in [5.74, 6) is -1.15. The van der Waals surface area contributed by atoms with Gasteiger partial charge >= 0.3 is 0 Å². The summed E-state index contributed by atoms with van der Waals surface area (Å²) in [5.41, 5.74) is 5.97. The van der Waals surface area contributed by atoms with E-state index in [-0.39, 0.29) is 18.4 Å². The Bertz CT molecular complexity index is 553. The fourth-order valence-electron chi connectivity index (χ4n) is 2.85. The smallest absolute Gasteiger partial charge is 0.244 e. The lowest BCUT2D eigenvalue weighted by molar-refractivity contribution is -0.130. The Morgan fingerprint density at radius 2 is 1.74 bits per heavy atom. The van der Waals surface area contributed by atoms with Crippen molar-refractivity contribution in [3.05, 3.63) is 35.9 Å². The van der Waals surface area contributed by atoms with Crippen molar-refractivity contribution >= 4 is 17.7 Å². The maximum atomic E-state index is 12.0. The predicted octanol–water partition coefficient (Wildman–Crippen LogP) is 1.03. The molecular weight excluding hydrogens is 294 g/mol. The van der Waals surface area contributed by atoms with Gasteiger partial charge in [-0.3, -0.25) is 14.4 Å². The number of carbonyl (C=O) groups is 3. The molecule has 1 aliphatic carbocycles. The lowest BCUT2D eigenvalue weighted by Gasteiger charge is -2.21. The van der Waals surface area contributed by atoms with E-state index < -0.39 is 17.9 Å². The van der Waals surface area contributed by atoms with Gasteiger partial charge in [0.25, 0.3) is 0 Å². The SMILES string of the molecule is NC(=O)[C@@H](NC(=O)CNC(=O)C1CCCCC1)c1ccccc1. The first kappa shape index (κ1) is 17.0. The van der Waals surface area contributed by atoms with Crippen LogP contribution in [0.15, 0.2) is 30.3 Å². The Labute approximate surface area is 135 Å². The Morgan fingerprint density at radius 1 is 1.09 bits per heavy atom. The molecule has 4 N–H and O–H groups in total. The third kappa shape index (κ3) is 5.09. The van der Waals surface area contributed by atoms with Gasteiger partial charge in [-0.25, -0.2) is 0 Å². The Kier molecular flexibility index (Phi) is 6.14. The van der Waals surface area contributed by atoms with Crippen LogP contribution in [0.25, 0.3) is 0 Å². The molecule has 0 bridgehead atoms. The number of carbonyl (C=O) groups excluding carboxylic acids is 3. The second-order valence-corrected chi connectivity index (χ2v) is 5.87. The number of rotatable bonds is 6. The molecule has 1 fully saturated rings. The summed E-state index contributed by atoms with van der Waals surface area (Å²) in [4.78, 5) is 35.5. The molecule has 3 amide bonds. The highest BCUT2D eigenvalue weighted by Gasteiger charge is 2.23. The molecule has 1 aromatic rings. The average Bonchev–Trinajstić information content (AvgIpc) is 2.58. The molecule has 1 aromatic carbocycles. The third-order valence-corrected chi connectivity index (χ3v) is 4.12. The molecule has 1 aliphatic rings. The van der Waals surface area contributed by atoms with Crippen LogP contribution in [0.4, 0.5) is 0 Å². The maximum Gasteiger partial charge on any atom is 0.244 e. The first-order valence-electron chi connectivity index (χ1n) is 7.99. The van der Waals surface area contributed by atoms with Crippen LogP contribution in [-0.4, -0.2) is 24.3 Å². The van der Waals surface area contributed by atoms with Crippen LogP contribution in [-0.2, 0) is 14.4 Å². The monoisotopic (exact) mass is 317 g/mol. The number of primary amides is 1. The van der Waals surface area contributed by atoms with Crippen LogP contribution >= 0.6 is 0 Å². The largest absolute Gasteiger partial charge is 0.368 e. The maximum absolute atomic E-state index is 12.0. The molecule has 6 nitrogen and oxygen atoms in total. The number of hydrogen-bond acceptors (Lipinski definition) is 3. The van der Waals surface area contributed by atoms with Crippen LogP contribution in [0.5, 0.6) is 0 Å². The van der Waals surface area contributed by atoms with Crippen LogP contribution in [0, 0.1) is 5.92 Å². The minimum absolute atomic E-state index is 0.00221. The molecule has 0 spiro atoms. The molecule has 1 atom stereocenters. The van der Waals surface area contributed by atoms with Crippen LogP contribution in [0.3, 0.4) is 0 Å². The number of amides is 3. The first-order chi connectivity index (χ1) is 11.1. The van der Waals surface area contributed by atoms with Crippen molar-refractivity contribution in [1.29, 1.82) is 0 Å². The van der Waals surface area contributed by atoms with Gasteiger partial charge in [-0.2, -0.15) is 0 Å². The fraction of sp³-hybridized carbons (Fsp3) is 0.471. The van der Waals surface area contributed by atoms with Gasteiger partial charge in [0.1, 0.15) is 6.04 Å². The van der Waals surface area contributed by atoms with Gasteiger partial charge < -0.3 is 16.4 Å². The van der Waals surface area contributed by atoms with Crippen molar-refractivity contribution in [2.24, 2.45) is 11.7 Å². The van der Waals surface area contributed by atoms with Gasteiger partial charge in [-0.15, -0.1) is 0 Å². The van der Waals surface area contributed by atoms with E-state index in [2.05, 4.69) is 10.6 Å². The van der Waals surface area contributed by atoms with Gasteiger partial charge in [0.05, 0.1) is 6.54 Å². The summed E-state index contributed by atoms with van der Waals surface area (Å²) in [6.45, 7) is -0.147. The molecule has 2 rings (SSSR count). The van der Waals surface area contributed by atoms with Crippen molar-refractivity contribution in [3.8, 4) is 0 Å². The van der Waals surface area contributed by atoms with Gasteiger partial charge in [0, 0.05) is 5.92 Å². The zero-order valence-corrected chi connectivity index (χ0v) is 13.1. The van der Waals surface area contributed by atoms with E-state index in [4.69, 9.17) is 5.73 Å². The predicted molar refractivity (Wildman–Crippen MR) is 86.1 cm³/mol. The molecule has 1 saturated carbocycles. The van der Waals surface area contributed by atoms with E-state index in [0.717, 1.165) is 25.7 Å². The summed E-state index contributed by atoms with van der Waals surface area (Å²) in [5, 5.41) is 5.21. The molecule has 23 heavy (non-hydrogen) atoms. The van der Waals surface area contributed by atoms with E-state index in [1.807, 2.05) is 6.07 Å². The zero-order chi connectivity index (χ0) is 16.7. The molecule has 124 valence electrons. The molecule has 0 aromatic heterocycles. The molecule has 6 heteroatoms. The quantitative estimate of drug-likeness (QED) is 0.730. The van der Waals surface area contributed by atoms with E-state index in [0.29, 0.717) is 5.56 Å². The second kappa shape index (κ2) is 8.31. The minimum Gasteiger partial charge on any atom is -0.368 e. The fourth-order valence-corrected chi connectivity index (χ4v) is 2.85. The van der Waals surface area contributed by atoms with E-state index >= 15 is 0 Å². The highest BCUT2D eigenvalue weighted by molar-refractivity contribution is 5.90. The Balaban J connectivity index is 1.85. The van der Waals surface area contributed by atoms with Crippen molar-refractivity contribution in [2.45, 2.75) is 38.1 Å². The Hall–Kier alpha value is -2.37. The summed E-state index contributed by atoms with van der Waals surface area (Å²) < 4.78 is 0. The zero-order valence-electron chi connectivity index (χ0n) is 13.1. The summed E-state index contributed by atoms with van der Waals surface area (Å²) in [6, 6.07) is 7.89. The molecule has 0 saturated heterocycles. The van der Waals surface area contributed by atoms with Crippen LogP contribution in [0.1, 0.15) is 43.7 Å². The number of nitrogens with two attached hydrogens (primary N) is 1. The number of hydrogen-bond donors (Lipinski definition) is 3. The highest BCUT2D eigenvalue weighted by Crippen LogP contribution is 2.23. The van der Waals surface area contributed by atoms with E-state index in [1.165, 1.54) is 6.42 Å². The summed E-state index contributed by atoms with van der Waals surface area (Å²) in [6.07, 6.45) is 5.04. The average molecular weight is 317 g/mol. The van der Waals surface area contributed by atoms with Gasteiger partial charge in [0.2, 0.25) is 17.7 Å². The van der Waals surface area contributed by atoms with E-state index in [9.17, 15) is 14.4 Å². The lowest BCUT2D eigenvalue weighted by Crippen LogP contribution is -2.44. The summed E-state index contributed by atoms with van der Waals surface area (Å²) >= 11 is 0. The Morgan fingerprint density at radius 3 is 2.35 bits per heavy atom.